The molecule has 1 fully saturated rings. The van der Waals surface area contributed by atoms with Crippen LogP contribution in [0.4, 0.5) is 9.18 Å². The Balaban J connectivity index is 1.91. The molecule has 38 heavy (non-hydrogen) atoms. The molecule has 0 aliphatic carbocycles. The Morgan fingerprint density at radius 3 is 2.50 bits per heavy atom. The SMILES string of the molecule is CCOC(=O)OC[C@H]1O[C@](O)(Oc2nn(C(C)C)c(C)c2Cc2ccc(OCC)c(F)c2)[C@H](O)[C@@H](O)[C@@H]1O. The van der Waals surface area contributed by atoms with Crippen molar-refractivity contribution in [2.75, 3.05) is 19.8 Å². The lowest BCUT2D eigenvalue weighted by atomic mass is 9.97. The van der Waals surface area contributed by atoms with E-state index in [1.54, 1.807) is 31.5 Å². The molecular formula is C25H35FN2O10. The number of aromatic nitrogens is 2. The highest BCUT2D eigenvalue weighted by atomic mass is 19.1. The molecule has 1 aromatic carbocycles. The molecule has 4 N–H and O–H groups in total. The first-order valence-electron chi connectivity index (χ1n) is 12.3. The van der Waals surface area contributed by atoms with E-state index < -0.39 is 49.0 Å². The summed E-state index contributed by atoms with van der Waals surface area (Å²) in [7, 11) is 0. The minimum absolute atomic E-state index is 0.0419. The monoisotopic (exact) mass is 542 g/mol. The van der Waals surface area contributed by atoms with Crippen LogP contribution in [0.15, 0.2) is 18.2 Å². The Bertz CT molecular complexity index is 1110. The van der Waals surface area contributed by atoms with Crippen LogP contribution in [0.2, 0.25) is 0 Å². The summed E-state index contributed by atoms with van der Waals surface area (Å²) in [6.45, 7) is 8.54. The van der Waals surface area contributed by atoms with Gasteiger partial charge in [-0.1, -0.05) is 6.07 Å². The molecule has 0 unspecified atom stereocenters. The molecule has 0 radical (unpaired) electrons. The maximum atomic E-state index is 14.5. The molecule has 1 aliphatic heterocycles. The van der Waals surface area contributed by atoms with Crippen molar-refractivity contribution < 1.29 is 53.3 Å². The highest BCUT2D eigenvalue weighted by molar-refractivity contribution is 5.59. The summed E-state index contributed by atoms with van der Waals surface area (Å²) in [4.78, 5) is 11.6. The van der Waals surface area contributed by atoms with Crippen LogP contribution in [-0.4, -0.2) is 86.6 Å². The van der Waals surface area contributed by atoms with Crippen LogP contribution in [0.25, 0.3) is 0 Å². The van der Waals surface area contributed by atoms with E-state index in [1.807, 2.05) is 13.8 Å². The Hall–Kier alpha value is -2.97. The molecule has 1 saturated heterocycles. The number of aliphatic hydroxyl groups excluding tert-OH is 3. The van der Waals surface area contributed by atoms with Crippen LogP contribution in [-0.2, 0) is 20.6 Å². The maximum absolute atomic E-state index is 14.5. The van der Waals surface area contributed by atoms with Crippen LogP contribution in [0, 0.1) is 12.7 Å². The summed E-state index contributed by atoms with van der Waals surface area (Å²) in [6.07, 6.45) is -8.20. The topological polar surface area (TPSA) is 162 Å². The quantitative estimate of drug-likeness (QED) is 0.255. The minimum Gasteiger partial charge on any atom is -0.491 e. The molecule has 3 rings (SSSR count). The van der Waals surface area contributed by atoms with Gasteiger partial charge in [0, 0.05) is 23.7 Å². The van der Waals surface area contributed by atoms with Crippen molar-refractivity contribution in [1.29, 1.82) is 0 Å². The van der Waals surface area contributed by atoms with Crippen LogP contribution in [0.5, 0.6) is 11.6 Å². The van der Waals surface area contributed by atoms with Gasteiger partial charge in [-0.15, -0.1) is 5.10 Å². The predicted molar refractivity (Wildman–Crippen MR) is 129 cm³/mol. The van der Waals surface area contributed by atoms with Gasteiger partial charge >= 0.3 is 12.1 Å². The number of rotatable bonds is 10. The van der Waals surface area contributed by atoms with Gasteiger partial charge in [-0.05, 0) is 52.3 Å². The Kier molecular flexibility index (Phi) is 9.54. The number of hydrogen-bond acceptors (Lipinski definition) is 11. The van der Waals surface area contributed by atoms with E-state index in [4.69, 9.17) is 18.9 Å². The van der Waals surface area contributed by atoms with E-state index in [2.05, 4.69) is 9.84 Å². The van der Waals surface area contributed by atoms with Crippen LogP contribution < -0.4 is 9.47 Å². The molecule has 0 bridgehead atoms. The number of halogens is 1. The van der Waals surface area contributed by atoms with E-state index in [-0.39, 0.29) is 30.7 Å². The van der Waals surface area contributed by atoms with Crippen LogP contribution in [0.3, 0.4) is 0 Å². The van der Waals surface area contributed by atoms with Crippen molar-refractivity contribution in [3.63, 3.8) is 0 Å². The fourth-order valence-corrected chi connectivity index (χ4v) is 4.09. The summed E-state index contributed by atoms with van der Waals surface area (Å²) in [5.41, 5.74) is 1.64. The van der Waals surface area contributed by atoms with Crippen molar-refractivity contribution in [2.45, 2.75) is 77.5 Å². The zero-order chi connectivity index (χ0) is 28.2. The third kappa shape index (κ3) is 6.35. The summed E-state index contributed by atoms with van der Waals surface area (Å²) >= 11 is 0. The average molecular weight is 543 g/mol. The molecule has 0 saturated carbocycles. The molecule has 1 aliphatic rings. The number of hydrogen-bond donors (Lipinski definition) is 4. The normalized spacial score (nSPS) is 25.3. The van der Waals surface area contributed by atoms with Gasteiger partial charge in [-0.25, -0.2) is 9.18 Å². The van der Waals surface area contributed by atoms with Gasteiger partial charge in [0.2, 0.25) is 5.88 Å². The summed E-state index contributed by atoms with van der Waals surface area (Å²) in [5, 5.41) is 46.8. The van der Waals surface area contributed by atoms with Crippen molar-refractivity contribution in [3.8, 4) is 11.6 Å². The second-order valence-corrected chi connectivity index (χ2v) is 9.09. The zero-order valence-corrected chi connectivity index (χ0v) is 22.0. The van der Waals surface area contributed by atoms with Crippen molar-refractivity contribution >= 4 is 6.16 Å². The highest BCUT2D eigenvalue weighted by Crippen LogP contribution is 2.35. The van der Waals surface area contributed by atoms with E-state index in [0.29, 0.717) is 23.4 Å². The number of carbonyl (C=O) groups excluding carboxylic acids is 1. The molecule has 212 valence electrons. The number of benzene rings is 1. The molecule has 2 heterocycles. The minimum atomic E-state index is -2.89. The molecule has 12 nitrogen and oxygen atoms in total. The average Bonchev–Trinajstić information content (AvgIpc) is 3.16. The van der Waals surface area contributed by atoms with Crippen molar-refractivity contribution in [3.05, 3.63) is 40.8 Å². The number of ether oxygens (including phenoxy) is 5. The molecular weight excluding hydrogens is 507 g/mol. The Morgan fingerprint density at radius 2 is 1.89 bits per heavy atom. The lowest BCUT2D eigenvalue weighted by Gasteiger charge is -2.44. The number of carbonyl (C=O) groups is 1. The molecule has 13 heteroatoms. The largest absolute Gasteiger partial charge is 0.508 e. The summed E-state index contributed by atoms with van der Waals surface area (Å²) in [6, 6.07) is 4.36. The Labute approximate surface area is 219 Å². The fourth-order valence-electron chi connectivity index (χ4n) is 4.09. The maximum Gasteiger partial charge on any atom is 0.508 e. The summed E-state index contributed by atoms with van der Waals surface area (Å²) < 4.78 is 41.9. The smallest absolute Gasteiger partial charge is 0.491 e. The molecule has 0 amide bonds. The third-order valence-corrected chi connectivity index (χ3v) is 6.02. The zero-order valence-electron chi connectivity index (χ0n) is 22.0. The number of nitrogens with zero attached hydrogens (tertiary/aromatic N) is 2. The van der Waals surface area contributed by atoms with Gasteiger partial charge in [-0.3, -0.25) is 4.68 Å². The predicted octanol–water partition coefficient (Wildman–Crippen LogP) is 1.58. The first kappa shape index (κ1) is 29.6. The fraction of sp³-hybridized carbons (Fsp3) is 0.600. The van der Waals surface area contributed by atoms with Gasteiger partial charge in [-0.2, -0.15) is 0 Å². The van der Waals surface area contributed by atoms with E-state index in [0.717, 1.165) is 0 Å². The van der Waals surface area contributed by atoms with E-state index in [9.17, 15) is 29.6 Å². The van der Waals surface area contributed by atoms with Gasteiger partial charge in [0.25, 0.3) is 0 Å². The first-order chi connectivity index (χ1) is 17.9. The molecule has 5 atom stereocenters. The lowest BCUT2D eigenvalue weighted by Crippen LogP contribution is -2.67. The first-order valence-corrected chi connectivity index (χ1v) is 12.3. The van der Waals surface area contributed by atoms with Crippen LogP contribution >= 0.6 is 0 Å². The van der Waals surface area contributed by atoms with E-state index >= 15 is 0 Å². The second kappa shape index (κ2) is 12.3. The lowest BCUT2D eigenvalue weighted by molar-refractivity contribution is -0.423. The number of aliphatic hydroxyl groups is 4. The highest BCUT2D eigenvalue weighted by Gasteiger charge is 2.56. The molecule has 1 aromatic heterocycles. The standard InChI is InChI=1S/C25H35FN2O10/c1-6-34-18-9-8-15(11-17(18)26)10-16-14(5)28(13(3)4)27-23(16)38-25(33)22(31)21(30)20(29)19(37-25)12-36-24(32)35-7-2/h8-9,11,13,19-22,29-31,33H,6-7,10,12H2,1-5H3/t19-,20-,21+,22-,25+/m1/s1. The molecule has 0 spiro atoms. The third-order valence-electron chi connectivity index (χ3n) is 6.02. The molecule has 2 aromatic rings. The van der Waals surface area contributed by atoms with Crippen LogP contribution in [0.1, 0.15) is 50.6 Å². The van der Waals surface area contributed by atoms with Crippen molar-refractivity contribution in [2.24, 2.45) is 0 Å². The van der Waals surface area contributed by atoms with Gasteiger partial charge in [0.1, 0.15) is 24.9 Å². The Morgan fingerprint density at radius 1 is 1.18 bits per heavy atom. The van der Waals surface area contributed by atoms with Gasteiger partial charge in [0.05, 0.1) is 13.2 Å². The second-order valence-electron chi connectivity index (χ2n) is 9.09. The van der Waals surface area contributed by atoms with Gasteiger partial charge in [0.15, 0.2) is 17.7 Å². The van der Waals surface area contributed by atoms with Crippen molar-refractivity contribution in [1.82, 2.24) is 9.78 Å². The van der Waals surface area contributed by atoms with E-state index in [1.165, 1.54) is 12.1 Å². The summed E-state index contributed by atoms with van der Waals surface area (Å²) in [5.74, 6) is -3.48. The van der Waals surface area contributed by atoms with Gasteiger partial charge < -0.3 is 44.1 Å².